The van der Waals surface area contributed by atoms with Crippen LogP contribution in [0.1, 0.15) is 44.4 Å². The summed E-state index contributed by atoms with van der Waals surface area (Å²) in [6.07, 6.45) is 0. The van der Waals surface area contributed by atoms with Crippen molar-refractivity contribution in [2.75, 3.05) is 18.9 Å². The van der Waals surface area contributed by atoms with Gasteiger partial charge in [-0.15, -0.1) is 0 Å². The molecule has 1 aromatic carbocycles. The highest BCUT2D eigenvalue weighted by atomic mass is 35.5. The smallest absolute Gasteiger partial charge is 0.243 e. The van der Waals surface area contributed by atoms with E-state index in [4.69, 9.17) is 27.7 Å². The summed E-state index contributed by atoms with van der Waals surface area (Å²) in [6.45, 7) is 6.00. The number of carbonyl (C=O) groups excluding carboxylic acids is 1. The molecule has 0 fully saturated rings. The maximum Gasteiger partial charge on any atom is 0.243 e. The zero-order valence-electron chi connectivity index (χ0n) is 14.0. The third-order valence-corrected chi connectivity index (χ3v) is 4.24. The fourth-order valence-corrected chi connectivity index (χ4v) is 2.49. The van der Waals surface area contributed by atoms with Crippen molar-refractivity contribution >= 4 is 34.8 Å². The Bertz CT molecular complexity index is 698. The number of carbonyl (C=O) groups is 1. The van der Waals surface area contributed by atoms with E-state index in [1.54, 1.807) is 30.1 Å². The van der Waals surface area contributed by atoms with Crippen LogP contribution in [0.3, 0.4) is 0 Å². The third kappa shape index (κ3) is 4.47. The van der Waals surface area contributed by atoms with Crippen LogP contribution < -0.4 is 5.32 Å². The predicted octanol–water partition coefficient (Wildman–Crippen LogP) is 4.13. The van der Waals surface area contributed by atoms with Gasteiger partial charge in [-0.2, -0.15) is 4.98 Å². The Hall–Kier alpha value is -1.63. The van der Waals surface area contributed by atoms with Crippen molar-refractivity contribution in [1.82, 2.24) is 15.0 Å². The van der Waals surface area contributed by atoms with Gasteiger partial charge in [0.05, 0.1) is 28.3 Å². The fourth-order valence-electron chi connectivity index (χ4n) is 2.00. The molecule has 0 aliphatic heterocycles. The topological polar surface area (TPSA) is 71.3 Å². The van der Waals surface area contributed by atoms with E-state index in [-0.39, 0.29) is 24.4 Å². The highest BCUT2D eigenvalue weighted by Gasteiger charge is 2.22. The van der Waals surface area contributed by atoms with E-state index in [1.807, 2.05) is 20.8 Å². The number of hydrogen-bond donors (Lipinski definition) is 1. The summed E-state index contributed by atoms with van der Waals surface area (Å²) < 4.78 is 5.27. The zero-order valence-corrected chi connectivity index (χ0v) is 15.5. The van der Waals surface area contributed by atoms with Crippen LogP contribution in [0, 0.1) is 0 Å². The van der Waals surface area contributed by atoms with Gasteiger partial charge in [0.15, 0.2) is 5.82 Å². The van der Waals surface area contributed by atoms with Gasteiger partial charge in [-0.05, 0) is 26.1 Å². The highest BCUT2D eigenvalue weighted by molar-refractivity contribution is 6.39. The van der Waals surface area contributed by atoms with Crippen LogP contribution in [0.25, 0.3) is 0 Å². The first-order valence-corrected chi connectivity index (χ1v) is 8.32. The summed E-state index contributed by atoms with van der Waals surface area (Å²) in [4.78, 5) is 18.4. The Kier molecular flexibility index (Phi) is 6.21. The van der Waals surface area contributed by atoms with Crippen molar-refractivity contribution in [3.8, 4) is 0 Å². The van der Waals surface area contributed by atoms with Gasteiger partial charge in [0.2, 0.25) is 11.8 Å². The number of nitrogens with zero attached hydrogens (tertiary/aromatic N) is 3. The quantitative estimate of drug-likeness (QED) is 0.827. The highest BCUT2D eigenvalue weighted by Crippen LogP contribution is 2.29. The van der Waals surface area contributed by atoms with Gasteiger partial charge in [-0.1, -0.05) is 48.3 Å². The number of amides is 1. The lowest BCUT2D eigenvalue weighted by atomic mass is 10.2. The molecule has 0 saturated carbocycles. The first kappa shape index (κ1) is 18.7. The van der Waals surface area contributed by atoms with Crippen molar-refractivity contribution in [2.45, 2.75) is 32.7 Å². The molecule has 0 saturated heterocycles. The van der Waals surface area contributed by atoms with E-state index in [0.717, 1.165) is 0 Å². The number of rotatable bonds is 6. The van der Waals surface area contributed by atoms with E-state index in [2.05, 4.69) is 15.5 Å². The van der Waals surface area contributed by atoms with Crippen LogP contribution in [0.5, 0.6) is 0 Å². The number of nitrogens with one attached hydrogen (secondary N) is 1. The van der Waals surface area contributed by atoms with Crippen LogP contribution in [0.2, 0.25) is 10.0 Å². The summed E-state index contributed by atoms with van der Waals surface area (Å²) in [7, 11) is 1.80. The number of hydrogen-bond acceptors (Lipinski definition) is 5. The summed E-state index contributed by atoms with van der Waals surface area (Å²) in [5.41, 5.74) is 0.409. The van der Waals surface area contributed by atoms with Crippen LogP contribution in [0.4, 0.5) is 5.69 Å². The van der Waals surface area contributed by atoms with Crippen molar-refractivity contribution in [2.24, 2.45) is 0 Å². The molecule has 0 radical (unpaired) electrons. The Morgan fingerprint density at radius 1 is 1.29 bits per heavy atom. The average Bonchev–Trinajstić information content (AvgIpc) is 3.00. The molecule has 130 valence electrons. The monoisotopic (exact) mass is 370 g/mol. The molecule has 0 bridgehead atoms. The molecule has 2 aromatic rings. The predicted molar refractivity (Wildman–Crippen MR) is 94.5 cm³/mol. The van der Waals surface area contributed by atoms with E-state index in [1.165, 1.54) is 0 Å². The molecule has 0 spiro atoms. The van der Waals surface area contributed by atoms with E-state index >= 15 is 0 Å². The molecule has 0 aliphatic carbocycles. The minimum absolute atomic E-state index is 0.127. The van der Waals surface area contributed by atoms with Gasteiger partial charge in [0.25, 0.3) is 0 Å². The number of anilines is 1. The Morgan fingerprint density at radius 2 is 1.92 bits per heavy atom. The number of likely N-dealkylation sites (N-methyl/N-ethyl adjacent to an activating group) is 1. The molecule has 1 unspecified atom stereocenters. The molecule has 1 atom stereocenters. The van der Waals surface area contributed by atoms with Crippen molar-refractivity contribution in [3.63, 3.8) is 0 Å². The van der Waals surface area contributed by atoms with Crippen LogP contribution in [0.15, 0.2) is 22.7 Å². The minimum Gasteiger partial charge on any atom is -0.338 e. The van der Waals surface area contributed by atoms with Crippen LogP contribution in [-0.4, -0.2) is 34.5 Å². The number of aromatic nitrogens is 2. The summed E-state index contributed by atoms with van der Waals surface area (Å²) in [5.74, 6) is 1.08. The molecule has 0 aliphatic rings. The van der Waals surface area contributed by atoms with Gasteiger partial charge in [-0.3, -0.25) is 9.69 Å². The first-order valence-electron chi connectivity index (χ1n) is 7.57. The second-order valence-corrected chi connectivity index (χ2v) is 6.70. The first-order chi connectivity index (χ1) is 11.3. The average molecular weight is 371 g/mol. The van der Waals surface area contributed by atoms with Gasteiger partial charge in [-0.25, -0.2) is 0 Å². The summed E-state index contributed by atoms with van der Waals surface area (Å²) in [6, 6.07) is 4.86. The third-order valence-electron chi connectivity index (χ3n) is 3.61. The van der Waals surface area contributed by atoms with Gasteiger partial charge < -0.3 is 9.84 Å². The molecule has 1 heterocycles. The SMILES string of the molecule is CC(C)c1noc(C(C)N(C)CC(=O)Nc2c(Cl)cccc2Cl)n1. The van der Waals surface area contributed by atoms with Crippen molar-refractivity contribution in [3.05, 3.63) is 40.0 Å². The molecule has 8 heteroatoms. The lowest BCUT2D eigenvalue weighted by molar-refractivity contribution is -0.117. The van der Waals surface area contributed by atoms with Crippen LogP contribution in [-0.2, 0) is 4.79 Å². The molecule has 1 aromatic heterocycles. The Balaban J connectivity index is 2.00. The molecule has 24 heavy (non-hydrogen) atoms. The maximum absolute atomic E-state index is 12.2. The van der Waals surface area contributed by atoms with Crippen molar-refractivity contribution < 1.29 is 9.32 Å². The second-order valence-electron chi connectivity index (χ2n) is 5.88. The van der Waals surface area contributed by atoms with Gasteiger partial charge >= 0.3 is 0 Å². The normalized spacial score (nSPS) is 12.7. The Labute approximate surface area is 151 Å². The van der Waals surface area contributed by atoms with Crippen molar-refractivity contribution in [1.29, 1.82) is 0 Å². The zero-order chi connectivity index (χ0) is 17.9. The fraction of sp³-hybridized carbons (Fsp3) is 0.438. The van der Waals surface area contributed by atoms with E-state index in [9.17, 15) is 4.79 Å². The standard InChI is InChI=1S/C16H20Cl2N4O2/c1-9(2)15-20-16(24-21-15)10(3)22(4)8-13(23)19-14-11(17)6-5-7-12(14)18/h5-7,9-10H,8H2,1-4H3,(H,19,23). The van der Waals surface area contributed by atoms with Crippen LogP contribution >= 0.6 is 23.2 Å². The van der Waals surface area contributed by atoms with E-state index in [0.29, 0.717) is 27.4 Å². The minimum atomic E-state index is -0.233. The molecular weight excluding hydrogens is 351 g/mol. The molecule has 6 nitrogen and oxygen atoms in total. The summed E-state index contributed by atoms with van der Waals surface area (Å²) in [5, 5.41) is 7.46. The largest absolute Gasteiger partial charge is 0.338 e. The number of benzene rings is 1. The molecular formula is C16H20Cl2N4O2. The Morgan fingerprint density at radius 3 is 2.46 bits per heavy atom. The number of halogens is 2. The molecule has 1 amide bonds. The second kappa shape index (κ2) is 7.96. The van der Waals surface area contributed by atoms with Gasteiger partial charge in [0.1, 0.15) is 0 Å². The summed E-state index contributed by atoms with van der Waals surface area (Å²) >= 11 is 12.1. The van der Waals surface area contributed by atoms with Gasteiger partial charge in [0, 0.05) is 5.92 Å². The number of para-hydroxylation sites is 1. The van der Waals surface area contributed by atoms with E-state index < -0.39 is 0 Å². The molecule has 1 N–H and O–H groups in total. The molecule has 2 rings (SSSR count). The maximum atomic E-state index is 12.2. The lowest BCUT2D eigenvalue weighted by Gasteiger charge is -2.21. The lowest BCUT2D eigenvalue weighted by Crippen LogP contribution is -2.32.